The number of anilines is 1. The van der Waals surface area contributed by atoms with Crippen molar-refractivity contribution in [1.82, 2.24) is 9.97 Å². The van der Waals surface area contributed by atoms with E-state index in [-0.39, 0.29) is 5.78 Å². The fourth-order valence-corrected chi connectivity index (χ4v) is 2.63. The Morgan fingerprint density at radius 1 is 1.16 bits per heavy atom. The first-order valence-electron chi connectivity index (χ1n) is 6.07. The maximum absolute atomic E-state index is 11.3. The van der Waals surface area contributed by atoms with Crippen molar-refractivity contribution in [3.63, 3.8) is 0 Å². The molecule has 1 aromatic carbocycles. The summed E-state index contributed by atoms with van der Waals surface area (Å²) in [6.07, 6.45) is 4.19. The van der Waals surface area contributed by atoms with E-state index in [2.05, 4.69) is 25.9 Å². The molecule has 0 saturated carbocycles. The summed E-state index contributed by atoms with van der Waals surface area (Å²) in [7, 11) is 0. The minimum absolute atomic E-state index is 0.249. The molecule has 1 aliphatic heterocycles. The van der Waals surface area contributed by atoms with E-state index in [9.17, 15) is 4.79 Å². The zero-order valence-corrected chi connectivity index (χ0v) is 11.8. The summed E-state index contributed by atoms with van der Waals surface area (Å²) in [6.45, 7) is 1.14. The van der Waals surface area contributed by atoms with E-state index in [0.29, 0.717) is 25.5 Å². The predicted octanol–water partition coefficient (Wildman–Crippen LogP) is 2.69. The molecule has 0 amide bonds. The van der Waals surface area contributed by atoms with Crippen LogP contribution in [0.15, 0.2) is 41.1 Å². The molecular weight excluding hydrogens is 306 g/mol. The summed E-state index contributed by atoms with van der Waals surface area (Å²) in [4.78, 5) is 21.9. The highest BCUT2D eigenvalue weighted by atomic mass is 79.9. The summed E-state index contributed by atoms with van der Waals surface area (Å²) in [5, 5.41) is 0. The maximum atomic E-state index is 11.3. The molecule has 3 rings (SSSR count). The first-order valence-corrected chi connectivity index (χ1v) is 6.87. The van der Waals surface area contributed by atoms with Gasteiger partial charge in [-0.25, -0.2) is 9.97 Å². The lowest BCUT2D eigenvalue weighted by Crippen LogP contribution is -2.21. The molecule has 0 bridgehead atoms. The van der Waals surface area contributed by atoms with E-state index in [1.165, 1.54) is 0 Å². The van der Waals surface area contributed by atoms with Crippen LogP contribution in [0.4, 0.5) is 5.95 Å². The van der Waals surface area contributed by atoms with Gasteiger partial charge in [-0.1, -0.05) is 34.1 Å². The Morgan fingerprint density at radius 2 is 1.89 bits per heavy atom. The van der Waals surface area contributed by atoms with Gasteiger partial charge in [0.2, 0.25) is 5.95 Å². The quantitative estimate of drug-likeness (QED) is 0.854. The molecule has 5 heteroatoms. The van der Waals surface area contributed by atoms with Crippen LogP contribution >= 0.6 is 15.9 Å². The summed E-state index contributed by atoms with van der Waals surface area (Å²) in [5.74, 6) is 0.875. The SMILES string of the molecule is O=C1CCN(c2ncc(-c3ccccc3Br)cn2)C1. The van der Waals surface area contributed by atoms with Crippen LogP contribution in [0.5, 0.6) is 0 Å². The van der Waals surface area contributed by atoms with Crippen LogP contribution in [0.3, 0.4) is 0 Å². The lowest BCUT2D eigenvalue weighted by Gasteiger charge is -2.14. The molecule has 1 fully saturated rings. The largest absolute Gasteiger partial charge is 0.333 e. The van der Waals surface area contributed by atoms with Crippen molar-refractivity contribution in [2.75, 3.05) is 18.0 Å². The molecule has 0 aliphatic carbocycles. The van der Waals surface area contributed by atoms with Crippen molar-refractivity contribution < 1.29 is 4.79 Å². The highest BCUT2D eigenvalue weighted by molar-refractivity contribution is 9.10. The number of Topliss-reactive ketones (excluding diaryl/α,β-unsaturated/α-hetero) is 1. The molecule has 0 N–H and O–H groups in total. The predicted molar refractivity (Wildman–Crippen MR) is 77.0 cm³/mol. The topological polar surface area (TPSA) is 46.1 Å². The highest BCUT2D eigenvalue weighted by Crippen LogP contribution is 2.27. The van der Waals surface area contributed by atoms with Crippen LogP contribution in [-0.4, -0.2) is 28.8 Å². The number of carbonyl (C=O) groups excluding carboxylic acids is 1. The second-order valence-corrected chi connectivity index (χ2v) is 5.32. The average molecular weight is 318 g/mol. The second-order valence-electron chi connectivity index (χ2n) is 4.46. The van der Waals surface area contributed by atoms with Gasteiger partial charge >= 0.3 is 0 Å². The zero-order chi connectivity index (χ0) is 13.2. The number of carbonyl (C=O) groups is 1. The van der Waals surface area contributed by atoms with Gasteiger partial charge in [0, 0.05) is 35.4 Å². The third-order valence-corrected chi connectivity index (χ3v) is 3.83. The maximum Gasteiger partial charge on any atom is 0.225 e. The third-order valence-electron chi connectivity index (χ3n) is 3.13. The van der Waals surface area contributed by atoms with Gasteiger partial charge in [0.25, 0.3) is 0 Å². The Labute approximate surface area is 119 Å². The van der Waals surface area contributed by atoms with Crippen LogP contribution in [0.2, 0.25) is 0 Å². The number of halogens is 1. The van der Waals surface area contributed by atoms with Crippen LogP contribution < -0.4 is 4.90 Å². The summed E-state index contributed by atoms with van der Waals surface area (Å²) >= 11 is 3.52. The van der Waals surface area contributed by atoms with Gasteiger partial charge in [-0.3, -0.25) is 4.79 Å². The Kier molecular flexibility index (Phi) is 3.29. The molecule has 4 nitrogen and oxygen atoms in total. The molecule has 1 aromatic heterocycles. The molecule has 1 aliphatic rings. The molecule has 0 radical (unpaired) electrons. The number of rotatable bonds is 2. The fourth-order valence-electron chi connectivity index (χ4n) is 2.12. The van der Waals surface area contributed by atoms with Crippen molar-refractivity contribution >= 4 is 27.7 Å². The fraction of sp³-hybridized carbons (Fsp3) is 0.214. The minimum Gasteiger partial charge on any atom is -0.333 e. The monoisotopic (exact) mass is 317 g/mol. The number of benzene rings is 1. The smallest absolute Gasteiger partial charge is 0.225 e. The number of ketones is 1. The van der Waals surface area contributed by atoms with Crippen LogP contribution in [0.25, 0.3) is 11.1 Å². The summed E-state index contributed by atoms with van der Waals surface area (Å²) in [5.41, 5.74) is 2.02. The Hall–Kier alpha value is -1.75. The molecule has 2 heterocycles. The number of aromatic nitrogens is 2. The lowest BCUT2D eigenvalue weighted by atomic mass is 10.1. The van der Waals surface area contributed by atoms with E-state index in [1.807, 2.05) is 29.2 Å². The van der Waals surface area contributed by atoms with Gasteiger partial charge in [-0.2, -0.15) is 0 Å². The third kappa shape index (κ3) is 2.51. The summed E-state index contributed by atoms with van der Waals surface area (Å²) in [6, 6.07) is 7.95. The Bertz CT molecular complexity index is 612. The van der Waals surface area contributed by atoms with Crippen molar-refractivity contribution in [1.29, 1.82) is 0 Å². The van der Waals surface area contributed by atoms with E-state index in [4.69, 9.17) is 0 Å². The Balaban J connectivity index is 1.87. The van der Waals surface area contributed by atoms with Crippen LogP contribution in [0, 0.1) is 0 Å². The van der Waals surface area contributed by atoms with Gasteiger partial charge in [0.05, 0.1) is 6.54 Å². The van der Waals surface area contributed by atoms with Crippen LogP contribution in [0.1, 0.15) is 6.42 Å². The molecule has 0 atom stereocenters. The molecule has 2 aromatic rings. The lowest BCUT2D eigenvalue weighted by molar-refractivity contribution is -0.116. The van der Waals surface area contributed by atoms with E-state index in [0.717, 1.165) is 15.6 Å². The van der Waals surface area contributed by atoms with E-state index in [1.54, 1.807) is 12.4 Å². The van der Waals surface area contributed by atoms with Crippen molar-refractivity contribution in [2.24, 2.45) is 0 Å². The number of hydrogen-bond donors (Lipinski definition) is 0. The zero-order valence-electron chi connectivity index (χ0n) is 10.2. The van der Waals surface area contributed by atoms with Gasteiger partial charge in [-0.15, -0.1) is 0 Å². The number of hydrogen-bond acceptors (Lipinski definition) is 4. The van der Waals surface area contributed by atoms with Crippen molar-refractivity contribution in [2.45, 2.75) is 6.42 Å². The van der Waals surface area contributed by atoms with Gasteiger partial charge < -0.3 is 4.90 Å². The van der Waals surface area contributed by atoms with Gasteiger partial charge in [0.15, 0.2) is 5.78 Å². The van der Waals surface area contributed by atoms with Crippen molar-refractivity contribution in [3.8, 4) is 11.1 Å². The molecule has 0 unspecified atom stereocenters. The summed E-state index contributed by atoms with van der Waals surface area (Å²) < 4.78 is 1.02. The van der Waals surface area contributed by atoms with E-state index >= 15 is 0 Å². The van der Waals surface area contributed by atoms with E-state index < -0.39 is 0 Å². The minimum atomic E-state index is 0.249. The molecule has 1 saturated heterocycles. The standard InChI is InChI=1S/C14H12BrN3O/c15-13-4-2-1-3-12(13)10-7-16-14(17-8-10)18-6-5-11(19)9-18/h1-4,7-8H,5-6,9H2. The van der Waals surface area contributed by atoms with Crippen LogP contribution in [-0.2, 0) is 4.79 Å². The first-order chi connectivity index (χ1) is 9.24. The molecule has 0 spiro atoms. The molecular formula is C14H12BrN3O. The first kappa shape index (κ1) is 12.3. The average Bonchev–Trinajstić information content (AvgIpc) is 2.86. The highest BCUT2D eigenvalue weighted by Gasteiger charge is 2.21. The van der Waals surface area contributed by atoms with Crippen molar-refractivity contribution in [3.05, 3.63) is 41.1 Å². The van der Waals surface area contributed by atoms with Gasteiger partial charge in [0.1, 0.15) is 0 Å². The number of nitrogens with zero attached hydrogens (tertiary/aromatic N) is 3. The molecule has 19 heavy (non-hydrogen) atoms. The molecule has 96 valence electrons. The second kappa shape index (κ2) is 5.09. The van der Waals surface area contributed by atoms with Gasteiger partial charge in [-0.05, 0) is 11.6 Å². The Morgan fingerprint density at radius 3 is 2.53 bits per heavy atom. The normalized spacial score (nSPS) is 15.0.